The maximum Gasteiger partial charge on any atom is 0.251 e. The van der Waals surface area contributed by atoms with Crippen LogP contribution in [0.15, 0.2) is 22.6 Å². The normalized spacial score (nSPS) is 11.1. The van der Waals surface area contributed by atoms with Crippen molar-refractivity contribution in [3.05, 3.63) is 29.7 Å². The van der Waals surface area contributed by atoms with Gasteiger partial charge in [-0.05, 0) is 19.1 Å². The summed E-state index contributed by atoms with van der Waals surface area (Å²) >= 11 is 0. The Labute approximate surface area is 119 Å². The van der Waals surface area contributed by atoms with Crippen molar-refractivity contribution in [1.29, 1.82) is 0 Å². The van der Waals surface area contributed by atoms with Gasteiger partial charge in [0.15, 0.2) is 0 Å². The molecule has 1 N–H and O–H groups in total. The summed E-state index contributed by atoms with van der Waals surface area (Å²) in [6.07, 6.45) is 0.722. The van der Waals surface area contributed by atoms with E-state index in [0.29, 0.717) is 17.8 Å². The third-order valence-electron chi connectivity index (χ3n) is 2.94. The van der Waals surface area contributed by atoms with Crippen molar-refractivity contribution in [2.75, 3.05) is 13.7 Å². The Kier molecular flexibility index (Phi) is 4.74. The van der Waals surface area contributed by atoms with E-state index in [1.165, 1.54) is 0 Å². The number of aryl methyl sites for hydroxylation is 1. The monoisotopic (exact) mass is 275 g/mol. The molecule has 0 aliphatic carbocycles. The Morgan fingerprint density at radius 3 is 2.80 bits per heavy atom. The largest absolute Gasteiger partial charge is 0.496 e. The Bertz CT molecular complexity index is 564. The molecule has 108 valence electrons. The minimum absolute atomic E-state index is 0.453. The van der Waals surface area contributed by atoms with Crippen LogP contribution in [-0.4, -0.2) is 29.9 Å². The summed E-state index contributed by atoms with van der Waals surface area (Å²) in [6, 6.07) is 6.35. The fourth-order valence-electron chi connectivity index (χ4n) is 1.92. The quantitative estimate of drug-likeness (QED) is 0.878. The smallest absolute Gasteiger partial charge is 0.251 e. The predicted molar refractivity (Wildman–Crippen MR) is 77.9 cm³/mol. The van der Waals surface area contributed by atoms with Crippen LogP contribution in [0.1, 0.15) is 25.3 Å². The highest BCUT2D eigenvalue weighted by atomic mass is 16.5. The van der Waals surface area contributed by atoms with Gasteiger partial charge in [0, 0.05) is 19.0 Å². The molecule has 0 atom stereocenters. The minimum atomic E-state index is 0.453. The number of hydrogen-bond donors (Lipinski definition) is 1. The lowest BCUT2D eigenvalue weighted by atomic mass is 10.1. The van der Waals surface area contributed by atoms with E-state index in [-0.39, 0.29) is 0 Å². The van der Waals surface area contributed by atoms with Crippen LogP contribution in [0.4, 0.5) is 0 Å². The topological polar surface area (TPSA) is 60.2 Å². The molecule has 1 heterocycles. The average Bonchev–Trinajstić information content (AvgIpc) is 2.87. The number of ether oxygens (including phenoxy) is 1. The van der Waals surface area contributed by atoms with Crippen LogP contribution in [0.25, 0.3) is 11.5 Å². The highest BCUT2D eigenvalue weighted by Gasteiger charge is 2.13. The van der Waals surface area contributed by atoms with Crippen LogP contribution >= 0.6 is 0 Å². The predicted octanol–water partition coefficient (Wildman–Crippen LogP) is 2.59. The zero-order valence-corrected chi connectivity index (χ0v) is 12.4. The van der Waals surface area contributed by atoms with Crippen LogP contribution in [0, 0.1) is 6.92 Å². The first-order valence-corrected chi connectivity index (χ1v) is 6.81. The van der Waals surface area contributed by atoms with Crippen LogP contribution < -0.4 is 10.1 Å². The van der Waals surface area contributed by atoms with Crippen molar-refractivity contribution in [2.24, 2.45) is 0 Å². The molecule has 0 unspecified atom stereocenters. The third kappa shape index (κ3) is 3.57. The van der Waals surface area contributed by atoms with Gasteiger partial charge in [0.05, 0.1) is 12.7 Å². The lowest BCUT2D eigenvalue weighted by molar-refractivity contribution is 0.413. The molecule has 0 radical (unpaired) electrons. The van der Waals surface area contributed by atoms with Gasteiger partial charge in [0.1, 0.15) is 5.75 Å². The molecule has 0 spiro atoms. The second-order valence-electron chi connectivity index (χ2n) is 5.06. The highest BCUT2D eigenvalue weighted by Crippen LogP contribution is 2.29. The summed E-state index contributed by atoms with van der Waals surface area (Å²) in [5.74, 6) is 1.88. The van der Waals surface area contributed by atoms with E-state index in [4.69, 9.17) is 9.15 Å². The van der Waals surface area contributed by atoms with Crippen molar-refractivity contribution in [3.63, 3.8) is 0 Å². The number of methoxy groups -OCH3 is 1. The standard InChI is InChI=1S/C15H21N3O2/c1-10(2)16-8-7-14-17-18-15(20-14)12-9-11(3)5-6-13(12)19-4/h5-6,9-10,16H,7-8H2,1-4H3. The van der Waals surface area contributed by atoms with Gasteiger partial charge >= 0.3 is 0 Å². The van der Waals surface area contributed by atoms with E-state index < -0.39 is 0 Å². The van der Waals surface area contributed by atoms with E-state index in [0.717, 1.165) is 29.8 Å². The van der Waals surface area contributed by atoms with Gasteiger partial charge in [-0.25, -0.2) is 0 Å². The lowest BCUT2D eigenvalue weighted by Crippen LogP contribution is -2.25. The molecule has 0 fully saturated rings. The Morgan fingerprint density at radius 2 is 2.10 bits per heavy atom. The summed E-state index contributed by atoms with van der Waals surface area (Å²) in [6.45, 7) is 7.06. The van der Waals surface area contributed by atoms with Gasteiger partial charge in [0.2, 0.25) is 5.89 Å². The zero-order valence-electron chi connectivity index (χ0n) is 12.4. The van der Waals surface area contributed by atoms with Crippen molar-refractivity contribution >= 4 is 0 Å². The van der Waals surface area contributed by atoms with Crippen molar-refractivity contribution in [2.45, 2.75) is 33.2 Å². The first-order chi connectivity index (χ1) is 9.60. The molecular formula is C15H21N3O2. The van der Waals surface area contributed by atoms with Gasteiger partial charge in [-0.2, -0.15) is 0 Å². The van der Waals surface area contributed by atoms with E-state index in [2.05, 4.69) is 29.4 Å². The molecule has 0 saturated carbocycles. The molecule has 0 aliphatic rings. The fraction of sp³-hybridized carbons (Fsp3) is 0.467. The number of rotatable bonds is 6. The molecule has 0 amide bonds. The van der Waals surface area contributed by atoms with Crippen molar-refractivity contribution in [1.82, 2.24) is 15.5 Å². The summed E-state index contributed by atoms with van der Waals surface area (Å²) in [5, 5.41) is 11.5. The zero-order chi connectivity index (χ0) is 14.5. The summed E-state index contributed by atoms with van der Waals surface area (Å²) in [7, 11) is 1.64. The Morgan fingerprint density at radius 1 is 1.30 bits per heavy atom. The molecule has 5 nitrogen and oxygen atoms in total. The molecule has 1 aromatic heterocycles. The van der Waals surface area contributed by atoms with Crippen LogP contribution in [0.5, 0.6) is 5.75 Å². The molecule has 0 saturated heterocycles. The summed E-state index contributed by atoms with van der Waals surface area (Å²) < 4.78 is 11.0. The van der Waals surface area contributed by atoms with E-state index in [9.17, 15) is 0 Å². The van der Waals surface area contributed by atoms with E-state index >= 15 is 0 Å². The van der Waals surface area contributed by atoms with Crippen LogP contribution in [0.3, 0.4) is 0 Å². The molecule has 0 aliphatic heterocycles. The van der Waals surface area contributed by atoms with Crippen molar-refractivity contribution < 1.29 is 9.15 Å². The first-order valence-electron chi connectivity index (χ1n) is 6.81. The minimum Gasteiger partial charge on any atom is -0.496 e. The molecular weight excluding hydrogens is 254 g/mol. The van der Waals surface area contributed by atoms with Gasteiger partial charge in [-0.3, -0.25) is 0 Å². The molecule has 20 heavy (non-hydrogen) atoms. The Hall–Kier alpha value is -1.88. The Balaban J connectivity index is 2.14. The SMILES string of the molecule is COc1ccc(C)cc1-c1nnc(CCNC(C)C)o1. The molecule has 2 aromatic rings. The maximum absolute atomic E-state index is 5.71. The number of nitrogens with zero attached hydrogens (tertiary/aromatic N) is 2. The highest BCUT2D eigenvalue weighted by molar-refractivity contribution is 5.63. The molecule has 5 heteroatoms. The number of benzene rings is 1. The maximum atomic E-state index is 5.71. The third-order valence-corrected chi connectivity index (χ3v) is 2.94. The number of hydrogen-bond acceptors (Lipinski definition) is 5. The number of nitrogens with one attached hydrogen (secondary N) is 1. The second-order valence-corrected chi connectivity index (χ2v) is 5.06. The average molecular weight is 275 g/mol. The molecule has 1 aromatic carbocycles. The van der Waals surface area contributed by atoms with Crippen molar-refractivity contribution in [3.8, 4) is 17.2 Å². The van der Waals surface area contributed by atoms with E-state index in [1.807, 2.05) is 25.1 Å². The summed E-state index contributed by atoms with van der Waals surface area (Å²) in [4.78, 5) is 0. The molecule has 2 rings (SSSR count). The van der Waals surface area contributed by atoms with Gasteiger partial charge in [0.25, 0.3) is 5.89 Å². The van der Waals surface area contributed by atoms with Crippen LogP contribution in [-0.2, 0) is 6.42 Å². The van der Waals surface area contributed by atoms with Crippen LogP contribution in [0.2, 0.25) is 0 Å². The molecule has 0 bridgehead atoms. The summed E-state index contributed by atoms with van der Waals surface area (Å²) in [5.41, 5.74) is 1.96. The van der Waals surface area contributed by atoms with E-state index in [1.54, 1.807) is 7.11 Å². The second kappa shape index (κ2) is 6.52. The fourth-order valence-corrected chi connectivity index (χ4v) is 1.92. The number of aromatic nitrogens is 2. The first kappa shape index (κ1) is 14.5. The van der Waals surface area contributed by atoms with Gasteiger partial charge in [-0.1, -0.05) is 25.5 Å². The van der Waals surface area contributed by atoms with Gasteiger partial charge < -0.3 is 14.5 Å². The van der Waals surface area contributed by atoms with Gasteiger partial charge in [-0.15, -0.1) is 10.2 Å². The lowest BCUT2D eigenvalue weighted by Gasteiger charge is -2.06.